The van der Waals surface area contributed by atoms with Crippen molar-refractivity contribution in [2.75, 3.05) is 0 Å². The summed E-state index contributed by atoms with van der Waals surface area (Å²) in [6.07, 6.45) is 0.894. The number of carbonyl (C=O) groups is 1. The van der Waals surface area contributed by atoms with Crippen LogP contribution >= 0.6 is 24.0 Å². The molecule has 14 heavy (non-hydrogen) atoms. The van der Waals surface area contributed by atoms with Gasteiger partial charge in [0.15, 0.2) is 6.29 Å². The second-order valence-corrected chi connectivity index (χ2v) is 4.33. The van der Waals surface area contributed by atoms with E-state index in [1.807, 2.05) is 35.7 Å². The number of rotatable bonds is 2. The van der Waals surface area contributed by atoms with Crippen LogP contribution in [0.4, 0.5) is 0 Å². The molecule has 0 aliphatic heterocycles. The van der Waals surface area contributed by atoms with E-state index in [0.717, 1.165) is 27.2 Å². The Bertz CT molecular complexity index is 460. The summed E-state index contributed by atoms with van der Waals surface area (Å²) in [5.74, 6) is 0. The monoisotopic (exact) mass is 220 g/mol. The highest BCUT2D eigenvalue weighted by Gasteiger charge is 2.05. The molecule has 0 atom stereocenters. The molecule has 0 aliphatic carbocycles. The molecule has 1 aromatic heterocycles. The molecule has 1 aromatic carbocycles. The lowest BCUT2D eigenvalue weighted by molar-refractivity contribution is 0.112. The molecule has 0 spiro atoms. The van der Waals surface area contributed by atoms with Crippen LogP contribution in [0.5, 0.6) is 0 Å². The number of carbonyl (C=O) groups excluding carboxylic acids is 1. The first-order valence-corrected chi connectivity index (χ1v) is 5.46. The second kappa shape index (κ2) is 3.98. The van der Waals surface area contributed by atoms with Crippen molar-refractivity contribution in [1.29, 1.82) is 0 Å². The number of hydrogen-bond donors (Lipinski definition) is 1. The van der Waals surface area contributed by atoms with E-state index in [-0.39, 0.29) is 0 Å². The van der Waals surface area contributed by atoms with E-state index in [1.165, 1.54) is 11.3 Å². The summed E-state index contributed by atoms with van der Waals surface area (Å²) in [7, 11) is 0. The van der Waals surface area contributed by atoms with E-state index in [1.54, 1.807) is 0 Å². The fourth-order valence-corrected chi connectivity index (χ4v) is 2.27. The van der Waals surface area contributed by atoms with E-state index in [4.69, 9.17) is 0 Å². The van der Waals surface area contributed by atoms with Crippen LogP contribution in [0.3, 0.4) is 0 Å². The summed E-state index contributed by atoms with van der Waals surface area (Å²) in [6, 6.07) is 9.74. The van der Waals surface area contributed by atoms with Gasteiger partial charge in [-0.25, -0.2) is 0 Å². The van der Waals surface area contributed by atoms with Crippen LogP contribution in [-0.2, 0) is 0 Å². The second-order valence-electron chi connectivity index (χ2n) is 2.87. The lowest BCUT2D eigenvalue weighted by atomic mass is 10.1. The van der Waals surface area contributed by atoms with Crippen molar-refractivity contribution in [2.24, 2.45) is 0 Å². The Morgan fingerprint density at radius 1 is 1.29 bits per heavy atom. The lowest BCUT2D eigenvalue weighted by Crippen LogP contribution is -1.79. The van der Waals surface area contributed by atoms with Crippen LogP contribution in [0.15, 0.2) is 40.6 Å². The molecule has 2 aromatic rings. The minimum atomic E-state index is 0.768. The molecule has 0 saturated carbocycles. The van der Waals surface area contributed by atoms with Gasteiger partial charge in [-0.05, 0) is 29.1 Å². The molecule has 0 unspecified atom stereocenters. The SMILES string of the molecule is O=Cc1sccc1-c1cccc(S)c1. The minimum Gasteiger partial charge on any atom is -0.297 e. The summed E-state index contributed by atoms with van der Waals surface area (Å²) in [5, 5.41) is 1.92. The zero-order chi connectivity index (χ0) is 9.97. The number of thiophene rings is 1. The Morgan fingerprint density at radius 2 is 2.14 bits per heavy atom. The predicted molar refractivity (Wildman–Crippen MR) is 62.4 cm³/mol. The third-order valence-electron chi connectivity index (χ3n) is 1.96. The zero-order valence-electron chi connectivity index (χ0n) is 7.31. The third kappa shape index (κ3) is 1.74. The normalized spacial score (nSPS) is 10.1. The van der Waals surface area contributed by atoms with Gasteiger partial charge in [0.2, 0.25) is 0 Å². The lowest BCUT2D eigenvalue weighted by Gasteiger charge is -1.99. The molecule has 1 nitrogen and oxygen atoms in total. The summed E-state index contributed by atoms with van der Waals surface area (Å²) in [6.45, 7) is 0. The van der Waals surface area contributed by atoms with Crippen molar-refractivity contribution in [3.8, 4) is 11.1 Å². The van der Waals surface area contributed by atoms with Gasteiger partial charge in [0.05, 0.1) is 4.88 Å². The summed E-state index contributed by atoms with van der Waals surface area (Å²) < 4.78 is 0. The molecular formula is C11H8OS2. The Balaban J connectivity index is 2.54. The van der Waals surface area contributed by atoms with Crippen LogP contribution in [0.1, 0.15) is 9.67 Å². The number of hydrogen-bond acceptors (Lipinski definition) is 3. The van der Waals surface area contributed by atoms with Crippen molar-refractivity contribution < 1.29 is 4.79 Å². The molecule has 0 aliphatic rings. The Morgan fingerprint density at radius 3 is 2.86 bits per heavy atom. The van der Waals surface area contributed by atoms with E-state index in [9.17, 15) is 4.79 Å². The first-order valence-electron chi connectivity index (χ1n) is 4.13. The van der Waals surface area contributed by atoms with Crippen molar-refractivity contribution in [1.82, 2.24) is 0 Å². The van der Waals surface area contributed by atoms with Crippen molar-refractivity contribution in [2.45, 2.75) is 4.90 Å². The quantitative estimate of drug-likeness (QED) is 0.605. The van der Waals surface area contributed by atoms with Crippen LogP contribution in [0, 0.1) is 0 Å². The Kier molecular flexibility index (Phi) is 2.70. The summed E-state index contributed by atoms with van der Waals surface area (Å²) in [5.41, 5.74) is 2.03. The highest BCUT2D eigenvalue weighted by Crippen LogP contribution is 2.28. The van der Waals surface area contributed by atoms with Gasteiger partial charge in [0.1, 0.15) is 0 Å². The molecule has 0 bridgehead atoms. The van der Waals surface area contributed by atoms with Crippen LogP contribution in [-0.4, -0.2) is 6.29 Å². The van der Waals surface area contributed by atoms with E-state index in [0.29, 0.717) is 0 Å². The first-order chi connectivity index (χ1) is 6.81. The van der Waals surface area contributed by atoms with E-state index < -0.39 is 0 Å². The van der Waals surface area contributed by atoms with Crippen LogP contribution in [0.2, 0.25) is 0 Å². The average Bonchev–Trinajstić information content (AvgIpc) is 2.65. The van der Waals surface area contributed by atoms with Gasteiger partial charge in [0, 0.05) is 10.5 Å². The minimum absolute atomic E-state index is 0.768. The fraction of sp³-hybridized carbons (Fsp3) is 0. The molecule has 0 N–H and O–H groups in total. The molecule has 2 rings (SSSR count). The molecule has 0 fully saturated rings. The maximum atomic E-state index is 10.7. The summed E-state index contributed by atoms with van der Waals surface area (Å²) in [4.78, 5) is 12.4. The van der Waals surface area contributed by atoms with Gasteiger partial charge in [-0.3, -0.25) is 4.79 Å². The Hall–Kier alpha value is -1.06. The highest BCUT2D eigenvalue weighted by molar-refractivity contribution is 7.80. The standard InChI is InChI=1S/C11H8OS2/c12-7-11-10(4-5-14-11)8-2-1-3-9(13)6-8/h1-7,13H. The molecule has 1 heterocycles. The maximum absolute atomic E-state index is 10.7. The molecule has 0 radical (unpaired) electrons. The molecule has 0 saturated heterocycles. The van der Waals surface area contributed by atoms with Gasteiger partial charge in [-0.2, -0.15) is 0 Å². The topological polar surface area (TPSA) is 17.1 Å². The van der Waals surface area contributed by atoms with Gasteiger partial charge >= 0.3 is 0 Å². The fourth-order valence-electron chi connectivity index (χ4n) is 1.32. The van der Waals surface area contributed by atoms with Crippen molar-refractivity contribution in [3.05, 3.63) is 40.6 Å². The Labute approximate surface area is 91.8 Å². The molecular weight excluding hydrogens is 212 g/mol. The molecule has 70 valence electrons. The number of thiol groups is 1. The molecule has 0 amide bonds. The largest absolute Gasteiger partial charge is 0.297 e. The zero-order valence-corrected chi connectivity index (χ0v) is 9.02. The van der Waals surface area contributed by atoms with Gasteiger partial charge in [-0.1, -0.05) is 12.1 Å². The third-order valence-corrected chi connectivity index (χ3v) is 3.08. The van der Waals surface area contributed by atoms with Gasteiger partial charge < -0.3 is 0 Å². The van der Waals surface area contributed by atoms with Gasteiger partial charge in [0.25, 0.3) is 0 Å². The summed E-state index contributed by atoms with van der Waals surface area (Å²) >= 11 is 5.72. The van der Waals surface area contributed by atoms with Crippen molar-refractivity contribution in [3.63, 3.8) is 0 Å². The average molecular weight is 220 g/mol. The first kappa shape index (κ1) is 9.49. The van der Waals surface area contributed by atoms with Gasteiger partial charge in [-0.15, -0.1) is 24.0 Å². The maximum Gasteiger partial charge on any atom is 0.160 e. The smallest absolute Gasteiger partial charge is 0.160 e. The van der Waals surface area contributed by atoms with Crippen molar-refractivity contribution >= 4 is 30.3 Å². The number of aldehydes is 1. The van der Waals surface area contributed by atoms with E-state index in [2.05, 4.69) is 12.6 Å². The van der Waals surface area contributed by atoms with Crippen LogP contribution in [0.25, 0.3) is 11.1 Å². The highest BCUT2D eigenvalue weighted by atomic mass is 32.1. The van der Waals surface area contributed by atoms with Crippen LogP contribution < -0.4 is 0 Å². The molecule has 3 heteroatoms. The van der Waals surface area contributed by atoms with E-state index >= 15 is 0 Å². The predicted octanol–water partition coefficient (Wildman–Crippen LogP) is 3.52. The number of benzene rings is 1.